The van der Waals surface area contributed by atoms with Crippen molar-refractivity contribution in [1.29, 1.82) is 0 Å². The Morgan fingerprint density at radius 1 is 1.05 bits per heavy atom. The topological polar surface area (TPSA) is 39.7 Å². The van der Waals surface area contributed by atoms with Gasteiger partial charge in [0, 0.05) is 13.1 Å². The highest BCUT2D eigenvalue weighted by molar-refractivity contribution is 5.31. The van der Waals surface area contributed by atoms with E-state index in [9.17, 15) is 8.78 Å². The van der Waals surface area contributed by atoms with Gasteiger partial charge in [-0.05, 0) is 24.3 Å². The van der Waals surface area contributed by atoms with Crippen molar-refractivity contribution in [3.05, 3.63) is 24.3 Å². The van der Waals surface area contributed by atoms with Crippen molar-refractivity contribution in [1.82, 2.24) is 5.32 Å². The summed E-state index contributed by atoms with van der Waals surface area (Å²) in [5.74, 6) is 1.54. The molecule has 0 aromatic heterocycles. The summed E-state index contributed by atoms with van der Waals surface area (Å²) in [5, 5.41) is 3.03. The number of halogens is 2. The molecule has 0 heterocycles. The molecular weight excluding hydrogens is 256 g/mol. The van der Waals surface area contributed by atoms with Gasteiger partial charge in [-0.15, -0.1) is 0 Å². The van der Waals surface area contributed by atoms with Gasteiger partial charge in [-0.1, -0.05) is 0 Å². The minimum atomic E-state index is -2.40. The summed E-state index contributed by atoms with van der Waals surface area (Å²) in [6.45, 7) is 1.42. The normalized spacial score (nSPS) is 10.7. The van der Waals surface area contributed by atoms with Crippen molar-refractivity contribution in [2.24, 2.45) is 0 Å². The fourth-order valence-electron chi connectivity index (χ4n) is 1.35. The summed E-state index contributed by atoms with van der Waals surface area (Å²) in [6, 6.07) is 7.29. The lowest BCUT2D eigenvalue weighted by Gasteiger charge is -2.08. The van der Waals surface area contributed by atoms with E-state index in [-0.39, 0.29) is 6.61 Å². The molecule has 1 N–H and O–H groups in total. The Kier molecular flexibility index (Phi) is 7.84. The van der Waals surface area contributed by atoms with Gasteiger partial charge in [-0.2, -0.15) is 0 Å². The molecule has 4 nitrogen and oxygen atoms in total. The van der Waals surface area contributed by atoms with Gasteiger partial charge in [0.1, 0.15) is 24.7 Å². The molecule has 19 heavy (non-hydrogen) atoms. The molecule has 0 saturated heterocycles. The van der Waals surface area contributed by atoms with E-state index in [0.717, 1.165) is 11.5 Å². The minimum Gasteiger partial charge on any atom is -0.497 e. The lowest BCUT2D eigenvalue weighted by atomic mass is 10.3. The number of benzene rings is 1. The molecule has 108 valence electrons. The Morgan fingerprint density at radius 2 is 1.68 bits per heavy atom. The van der Waals surface area contributed by atoms with E-state index in [1.807, 2.05) is 24.3 Å². The van der Waals surface area contributed by atoms with Crippen LogP contribution >= 0.6 is 0 Å². The molecule has 1 aromatic rings. The maximum atomic E-state index is 11.7. The lowest BCUT2D eigenvalue weighted by molar-refractivity contribution is 0.0186. The number of alkyl halides is 2. The second-order valence-corrected chi connectivity index (χ2v) is 3.74. The zero-order valence-corrected chi connectivity index (χ0v) is 10.9. The average Bonchev–Trinajstić information content (AvgIpc) is 2.42. The Balaban J connectivity index is 1.98. The molecule has 0 aliphatic heterocycles. The van der Waals surface area contributed by atoms with Crippen LogP contribution in [0.2, 0.25) is 0 Å². The summed E-state index contributed by atoms with van der Waals surface area (Å²) in [5.41, 5.74) is 0. The number of hydrogen-bond donors (Lipinski definition) is 1. The summed E-state index contributed by atoms with van der Waals surface area (Å²) in [4.78, 5) is 0. The molecule has 0 saturated carbocycles. The second-order valence-electron chi connectivity index (χ2n) is 3.74. The van der Waals surface area contributed by atoms with Crippen molar-refractivity contribution in [2.75, 3.05) is 40.0 Å². The predicted octanol–water partition coefficient (Wildman–Crippen LogP) is 1.95. The molecule has 0 amide bonds. The number of ether oxygens (including phenoxy) is 3. The van der Waals surface area contributed by atoms with E-state index in [2.05, 4.69) is 5.32 Å². The van der Waals surface area contributed by atoms with E-state index in [1.165, 1.54) is 0 Å². The molecule has 0 fully saturated rings. The van der Waals surface area contributed by atoms with Crippen LogP contribution < -0.4 is 14.8 Å². The standard InChI is InChI=1S/C13H19F2NO3/c1-17-11-2-4-12(5-3-11)19-9-7-16-6-8-18-10-13(14)15/h2-5,13,16H,6-10H2,1H3. The second kappa shape index (κ2) is 9.52. The molecular formula is C13H19F2NO3. The van der Waals surface area contributed by atoms with E-state index in [0.29, 0.717) is 19.7 Å². The molecule has 0 bridgehead atoms. The molecule has 1 aromatic carbocycles. The maximum absolute atomic E-state index is 11.7. The maximum Gasteiger partial charge on any atom is 0.261 e. The quantitative estimate of drug-likeness (QED) is 0.662. The van der Waals surface area contributed by atoms with Crippen LogP contribution in [0.4, 0.5) is 8.78 Å². The van der Waals surface area contributed by atoms with Crippen LogP contribution in [0.3, 0.4) is 0 Å². The molecule has 1 rings (SSSR count). The molecule has 0 radical (unpaired) electrons. The monoisotopic (exact) mass is 275 g/mol. The van der Waals surface area contributed by atoms with E-state index < -0.39 is 13.0 Å². The minimum absolute atomic E-state index is 0.271. The van der Waals surface area contributed by atoms with Crippen LogP contribution in [0, 0.1) is 0 Å². The molecule has 0 spiro atoms. The van der Waals surface area contributed by atoms with E-state index >= 15 is 0 Å². The third-order valence-electron chi connectivity index (χ3n) is 2.27. The third kappa shape index (κ3) is 7.58. The fourth-order valence-corrected chi connectivity index (χ4v) is 1.35. The summed E-state index contributed by atoms with van der Waals surface area (Å²) in [6.07, 6.45) is -2.40. The van der Waals surface area contributed by atoms with Crippen molar-refractivity contribution in [3.8, 4) is 11.5 Å². The number of methoxy groups -OCH3 is 1. The van der Waals surface area contributed by atoms with Crippen molar-refractivity contribution < 1.29 is 23.0 Å². The van der Waals surface area contributed by atoms with Gasteiger partial charge in [0.05, 0.1) is 13.7 Å². The fraction of sp³-hybridized carbons (Fsp3) is 0.538. The number of nitrogens with one attached hydrogen (secondary N) is 1. The first kappa shape index (κ1) is 15.7. The van der Waals surface area contributed by atoms with Gasteiger partial charge in [-0.25, -0.2) is 8.78 Å². The molecule has 6 heteroatoms. The van der Waals surface area contributed by atoms with Gasteiger partial charge >= 0.3 is 0 Å². The van der Waals surface area contributed by atoms with Crippen molar-refractivity contribution in [3.63, 3.8) is 0 Å². The van der Waals surface area contributed by atoms with Crippen LogP contribution in [-0.2, 0) is 4.74 Å². The zero-order valence-electron chi connectivity index (χ0n) is 10.9. The SMILES string of the molecule is COc1ccc(OCCNCCOCC(F)F)cc1. The first-order chi connectivity index (χ1) is 9.22. The van der Waals surface area contributed by atoms with Crippen molar-refractivity contribution in [2.45, 2.75) is 6.43 Å². The Labute approximate surface area is 111 Å². The third-order valence-corrected chi connectivity index (χ3v) is 2.27. The highest BCUT2D eigenvalue weighted by Crippen LogP contribution is 2.16. The molecule has 0 aliphatic rings. The van der Waals surface area contributed by atoms with Crippen LogP contribution in [0.15, 0.2) is 24.3 Å². The van der Waals surface area contributed by atoms with Gasteiger partial charge in [0.25, 0.3) is 6.43 Å². The van der Waals surface area contributed by atoms with Crippen LogP contribution in [0.5, 0.6) is 11.5 Å². The Hall–Kier alpha value is -1.40. The first-order valence-corrected chi connectivity index (χ1v) is 6.06. The van der Waals surface area contributed by atoms with E-state index in [4.69, 9.17) is 14.2 Å². The van der Waals surface area contributed by atoms with Gasteiger partial charge in [0.15, 0.2) is 0 Å². The predicted molar refractivity (Wildman–Crippen MR) is 68.2 cm³/mol. The van der Waals surface area contributed by atoms with Gasteiger partial charge < -0.3 is 19.5 Å². The summed E-state index contributed by atoms with van der Waals surface area (Å²) >= 11 is 0. The van der Waals surface area contributed by atoms with Crippen LogP contribution in [-0.4, -0.2) is 46.4 Å². The zero-order chi connectivity index (χ0) is 13.9. The largest absolute Gasteiger partial charge is 0.497 e. The smallest absolute Gasteiger partial charge is 0.261 e. The first-order valence-electron chi connectivity index (χ1n) is 6.06. The summed E-state index contributed by atoms with van der Waals surface area (Å²) in [7, 11) is 1.61. The lowest BCUT2D eigenvalue weighted by Crippen LogP contribution is -2.25. The average molecular weight is 275 g/mol. The van der Waals surface area contributed by atoms with Gasteiger partial charge in [-0.3, -0.25) is 0 Å². The van der Waals surface area contributed by atoms with E-state index in [1.54, 1.807) is 7.11 Å². The van der Waals surface area contributed by atoms with Crippen LogP contribution in [0.25, 0.3) is 0 Å². The summed E-state index contributed by atoms with van der Waals surface area (Å²) < 4.78 is 38.7. The Morgan fingerprint density at radius 3 is 2.32 bits per heavy atom. The molecule has 0 atom stereocenters. The molecule has 0 aliphatic carbocycles. The number of rotatable bonds is 10. The van der Waals surface area contributed by atoms with Crippen LogP contribution in [0.1, 0.15) is 0 Å². The van der Waals surface area contributed by atoms with Crippen molar-refractivity contribution >= 4 is 0 Å². The molecule has 0 unspecified atom stereocenters. The number of hydrogen-bond acceptors (Lipinski definition) is 4. The Bertz CT molecular complexity index is 333. The van der Waals surface area contributed by atoms with Gasteiger partial charge in [0.2, 0.25) is 0 Å². The highest BCUT2D eigenvalue weighted by atomic mass is 19.3. The highest BCUT2D eigenvalue weighted by Gasteiger charge is 2.00.